The molecule has 0 atom stereocenters. The normalized spacial score (nSPS) is 6.50. The minimum atomic E-state index is -2.61. The van der Waals surface area contributed by atoms with Gasteiger partial charge in [-0.15, -0.1) is 0 Å². The van der Waals surface area contributed by atoms with Gasteiger partial charge in [0.1, 0.15) is 0 Å². The average Bonchev–Trinajstić information content (AvgIpc) is 1.65. The van der Waals surface area contributed by atoms with Crippen LogP contribution in [0.25, 0.3) is 0 Å². The van der Waals surface area contributed by atoms with E-state index < -0.39 is 11.4 Å². The Morgan fingerprint density at radius 2 is 1.10 bits per heavy atom. The fourth-order valence-electron chi connectivity index (χ4n) is 0. The van der Waals surface area contributed by atoms with E-state index >= 15 is 0 Å². The van der Waals surface area contributed by atoms with E-state index in [0.29, 0.717) is 0 Å². The predicted octanol–water partition coefficient (Wildman–Crippen LogP) is -1.02. The van der Waals surface area contributed by atoms with E-state index in [1.165, 1.54) is 0 Å². The molecule has 10 heavy (non-hydrogen) atoms. The van der Waals surface area contributed by atoms with Crippen LogP contribution in [0.3, 0.4) is 0 Å². The molecule has 0 aliphatic rings. The van der Waals surface area contributed by atoms with Crippen LogP contribution >= 0.6 is 0 Å². The van der Waals surface area contributed by atoms with Crippen molar-refractivity contribution in [2.24, 2.45) is 0 Å². The molecular weight excluding hydrogens is 164 g/mol. The monoisotopic (exact) mass is 178 g/mol. The highest BCUT2D eigenvalue weighted by Crippen LogP contribution is 1.44. The van der Waals surface area contributed by atoms with Gasteiger partial charge in [-0.1, -0.05) is 0 Å². The van der Waals surface area contributed by atoms with Crippen molar-refractivity contribution >= 4 is 11.4 Å². The third kappa shape index (κ3) is 456. The summed E-state index contributed by atoms with van der Waals surface area (Å²) in [6.45, 7) is -0.250. The van der Waals surface area contributed by atoms with E-state index in [1.54, 1.807) is 0 Å². The third-order valence-corrected chi connectivity index (χ3v) is 0.1000. The zero-order valence-electron chi connectivity index (χ0n) is 5.43. The van der Waals surface area contributed by atoms with Gasteiger partial charge >= 0.3 is 0 Å². The molecule has 0 aliphatic heterocycles. The lowest BCUT2D eigenvalue weighted by Crippen LogP contribution is -1.85. The lowest BCUT2D eigenvalue weighted by molar-refractivity contribution is 0.186. The van der Waals surface area contributed by atoms with Gasteiger partial charge in [0.2, 0.25) is 0 Å². The molecule has 0 rings (SSSR count). The lowest BCUT2D eigenvalue weighted by atomic mass is 10.8. The Kier molecular flexibility index (Phi) is 52.1. The molecule has 0 amide bonds. The average molecular weight is 178 g/mol. The molecule has 0 aromatic carbocycles. The topological polar surface area (TPSA) is 168 Å². The summed E-state index contributed by atoms with van der Waals surface area (Å²) in [6, 6.07) is 0. The lowest BCUT2D eigenvalue weighted by Gasteiger charge is -1.70. The van der Waals surface area contributed by atoms with Gasteiger partial charge in [-0.3, -0.25) is 9.11 Å². The van der Waals surface area contributed by atoms with Gasteiger partial charge in [-0.05, 0) is 0 Å². The Labute approximate surface area is 61.4 Å². The van der Waals surface area contributed by atoms with Crippen molar-refractivity contribution < 1.29 is 23.5 Å². The number of hydrogen-bond donors (Lipinski definition) is 6. The number of aliphatic hydroxyl groups is 2. The van der Waals surface area contributed by atoms with E-state index in [2.05, 4.69) is 0 Å². The highest BCUT2D eigenvalue weighted by atomic mass is 32.2. The second-order valence-corrected chi connectivity index (χ2v) is 1.14. The largest absolute Gasteiger partial charge is 0.394 e. The fourth-order valence-corrected chi connectivity index (χ4v) is 0. The summed E-state index contributed by atoms with van der Waals surface area (Å²) in [6.07, 6.45) is 0. The summed E-state index contributed by atoms with van der Waals surface area (Å²) >= 11 is -2.61. The van der Waals surface area contributed by atoms with Crippen molar-refractivity contribution in [2.75, 3.05) is 13.2 Å². The van der Waals surface area contributed by atoms with Gasteiger partial charge in [-0.25, -0.2) is 0 Å². The molecule has 68 valence electrons. The van der Waals surface area contributed by atoms with Gasteiger partial charge in [0.25, 0.3) is 11.4 Å². The Morgan fingerprint density at radius 1 is 1.00 bits per heavy atom. The van der Waals surface area contributed by atoms with E-state index in [1.807, 2.05) is 0 Å². The minimum Gasteiger partial charge on any atom is -0.394 e. The first-order chi connectivity index (χ1) is 3.65. The van der Waals surface area contributed by atoms with Crippen molar-refractivity contribution in [3.8, 4) is 0 Å². The van der Waals surface area contributed by atoms with Crippen LogP contribution in [-0.4, -0.2) is 36.7 Å². The molecule has 0 aromatic rings. The van der Waals surface area contributed by atoms with Gasteiger partial charge < -0.3 is 22.5 Å². The maximum atomic E-state index is 8.67. The second kappa shape index (κ2) is 23.1. The molecule has 0 spiro atoms. The van der Waals surface area contributed by atoms with Gasteiger partial charge in [0, 0.05) is 0 Å². The summed E-state index contributed by atoms with van der Waals surface area (Å²) in [4.78, 5) is 0. The molecule has 0 heterocycles. The summed E-state index contributed by atoms with van der Waals surface area (Å²) in [5.74, 6) is 0. The molecule has 8 heteroatoms. The highest BCUT2D eigenvalue weighted by molar-refractivity contribution is 7.73. The van der Waals surface area contributed by atoms with E-state index in [9.17, 15) is 0 Å². The van der Waals surface area contributed by atoms with Crippen LogP contribution in [0.2, 0.25) is 0 Å². The standard InChI is InChI=1S/C2H6O2.2H3N.H2O3S/c3-1-2-4;;;1-4(2)3/h3-4H,1-2H2;2*1H3;(H2,1,2,3). The van der Waals surface area contributed by atoms with Gasteiger partial charge in [-0.2, -0.15) is 4.21 Å². The van der Waals surface area contributed by atoms with E-state index in [0.717, 1.165) is 0 Å². The molecule has 0 aliphatic carbocycles. The first-order valence-corrected chi connectivity index (χ1v) is 2.73. The van der Waals surface area contributed by atoms with Crippen LogP contribution in [0, 0.1) is 0 Å². The Balaban J connectivity index is -0.0000000300. The molecule has 0 saturated heterocycles. The molecule has 10 N–H and O–H groups in total. The Hall–Kier alpha value is -0.0900. The van der Waals surface area contributed by atoms with Crippen LogP contribution < -0.4 is 12.3 Å². The molecule has 0 saturated carbocycles. The van der Waals surface area contributed by atoms with Crippen molar-refractivity contribution in [3.05, 3.63) is 0 Å². The summed E-state index contributed by atoms with van der Waals surface area (Å²) in [7, 11) is 0. The molecule has 0 radical (unpaired) electrons. The van der Waals surface area contributed by atoms with E-state index in [4.69, 9.17) is 23.5 Å². The zero-order valence-corrected chi connectivity index (χ0v) is 6.25. The number of hydrogen-bond acceptors (Lipinski definition) is 5. The highest BCUT2D eigenvalue weighted by Gasteiger charge is 1.62. The van der Waals surface area contributed by atoms with Crippen molar-refractivity contribution in [2.45, 2.75) is 0 Å². The second-order valence-electron chi connectivity index (χ2n) is 0.678. The first-order valence-electron chi connectivity index (χ1n) is 1.66. The third-order valence-electron chi connectivity index (χ3n) is 0.1000. The van der Waals surface area contributed by atoms with Crippen molar-refractivity contribution in [1.82, 2.24) is 12.3 Å². The van der Waals surface area contributed by atoms with Crippen molar-refractivity contribution in [3.63, 3.8) is 0 Å². The van der Waals surface area contributed by atoms with Crippen LogP contribution in [0.1, 0.15) is 0 Å². The maximum Gasteiger partial charge on any atom is 0.299 e. The van der Waals surface area contributed by atoms with Gasteiger partial charge in [0.05, 0.1) is 13.2 Å². The Bertz CT molecular complexity index is 55.6. The summed E-state index contributed by atoms with van der Waals surface area (Å²) in [5, 5.41) is 15.2. The quantitative estimate of drug-likeness (QED) is 0.279. The molecular formula is C2H14N2O5S. The zero-order chi connectivity index (χ0) is 6.99. The van der Waals surface area contributed by atoms with Crippen LogP contribution in [0.5, 0.6) is 0 Å². The smallest absolute Gasteiger partial charge is 0.299 e. The molecule has 7 nitrogen and oxygen atoms in total. The number of rotatable bonds is 1. The minimum absolute atomic E-state index is 0. The first kappa shape index (κ1) is 22.5. The predicted molar refractivity (Wildman–Crippen MR) is 37.6 cm³/mol. The van der Waals surface area contributed by atoms with Crippen LogP contribution in [-0.2, 0) is 11.4 Å². The maximum absolute atomic E-state index is 8.67. The molecule has 0 bridgehead atoms. The van der Waals surface area contributed by atoms with Gasteiger partial charge in [0.15, 0.2) is 0 Å². The van der Waals surface area contributed by atoms with E-state index in [-0.39, 0.29) is 25.5 Å². The SMILES string of the molecule is N.N.O=S(O)O.OCCO. The molecule has 0 fully saturated rings. The van der Waals surface area contributed by atoms with Crippen LogP contribution in [0.15, 0.2) is 0 Å². The molecule has 0 unspecified atom stereocenters. The number of aliphatic hydroxyl groups excluding tert-OH is 2. The summed E-state index contributed by atoms with van der Waals surface area (Å²) in [5.41, 5.74) is 0. The van der Waals surface area contributed by atoms with Crippen LogP contribution in [0.4, 0.5) is 0 Å². The molecule has 0 aromatic heterocycles. The Morgan fingerprint density at radius 3 is 1.10 bits per heavy atom. The fraction of sp³-hybridized carbons (Fsp3) is 1.00. The summed E-state index contributed by atoms with van der Waals surface area (Å²) < 4.78 is 22.8. The van der Waals surface area contributed by atoms with Crippen molar-refractivity contribution in [1.29, 1.82) is 0 Å².